The van der Waals surface area contributed by atoms with E-state index in [0.29, 0.717) is 41.4 Å². The molecular formula is C17H22ClN6OP. The highest BCUT2D eigenvalue weighted by atomic mass is 35.5. The molecule has 0 amide bonds. The van der Waals surface area contributed by atoms with Crippen LogP contribution >= 0.6 is 18.7 Å². The second-order valence-electron chi connectivity index (χ2n) is 5.92. The van der Waals surface area contributed by atoms with E-state index in [1.54, 1.807) is 10.6 Å². The summed E-state index contributed by atoms with van der Waals surface area (Å²) in [6.07, 6.45) is 1.33. The van der Waals surface area contributed by atoms with Crippen LogP contribution in [0.2, 0.25) is 5.15 Å². The molecular weight excluding hydrogens is 371 g/mol. The van der Waals surface area contributed by atoms with Crippen LogP contribution in [0.4, 0.5) is 11.6 Å². The molecule has 138 valence electrons. The van der Waals surface area contributed by atoms with Crippen LogP contribution in [0.3, 0.4) is 0 Å². The predicted molar refractivity (Wildman–Crippen MR) is 107 cm³/mol. The highest BCUT2D eigenvalue weighted by Gasteiger charge is 2.19. The summed E-state index contributed by atoms with van der Waals surface area (Å²) in [4.78, 5) is 8.74. The normalized spacial score (nSPS) is 11.8. The van der Waals surface area contributed by atoms with Crippen molar-refractivity contribution >= 4 is 41.3 Å². The number of halogens is 1. The molecule has 0 atom stereocenters. The van der Waals surface area contributed by atoms with Crippen molar-refractivity contribution in [3.05, 3.63) is 41.3 Å². The second kappa shape index (κ2) is 7.74. The first-order valence-corrected chi connectivity index (χ1v) is 11.0. The third-order valence-corrected chi connectivity index (χ3v) is 7.76. The van der Waals surface area contributed by atoms with Gasteiger partial charge in [0, 0.05) is 29.4 Å². The summed E-state index contributed by atoms with van der Waals surface area (Å²) in [5.74, 6) is 1.13. The largest absolute Gasteiger partial charge is 0.324 e. The number of hydrogen-bond donors (Lipinski definition) is 2. The monoisotopic (exact) mass is 392 g/mol. The number of nitrogens with one attached hydrogen (secondary N) is 2. The van der Waals surface area contributed by atoms with Gasteiger partial charge in [-0.25, -0.2) is 9.97 Å². The van der Waals surface area contributed by atoms with Gasteiger partial charge in [-0.1, -0.05) is 25.4 Å². The zero-order valence-electron chi connectivity index (χ0n) is 15.0. The number of nitrogens with zero attached hydrogens (tertiary/aromatic N) is 4. The van der Waals surface area contributed by atoms with Crippen molar-refractivity contribution in [1.82, 2.24) is 24.9 Å². The lowest BCUT2D eigenvalue weighted by Gasteiger charge is -2.15. The van der Waals surface area contributed by atoms with Gasteiger partial charge in [0.1, 0.15) is 12.3 Å². The van der Waals surface area contributed by atoms with Crippen LogP contribution in [-0.2, 0) is 11.1 Å². The number of benzene rings is 1. The Hall–Kier alpha value is -1.95. The Kier molecular flexibility index (Phi) is 5.61. The van der Waals surface area contributed by atoms with E-state index in [1.807, 2.05) is 45.2 Å². The molecule has 0 bridgehead atoms. The maximum atomic E-state index is 12.8. The molecule has 0 spiro atoms. The smallest absolute Gasteiger partial charge is 0.231 e. The summed E-state index contributed by atoms with van der Waals surface area (Å²) in [6, 6.07) is 9.28. The molecule has 7 nitrogen and oxygen atoms in total. The molecule has 0 aliphatic rings. The molecule has 9 heteroatoms. The quantitative estimate of drug-likeness (QED) is 0.474. The average Bonchev–Trinajstić information content (AvgIpc) is 3.04. The van der Waals surface area contributed by atoms with Crippen molar-refractivity contribution in [2.24, 2.45) is 0 Å². The zero-order valence-corrected chi connectivity index (χ0v) is 16.7. The molecule has 1 aromatic carbocycles. The van der Waals surface area contributed by atoms with Gasteiger partial charge in [-0.3, -0.25) is 0 Å². The maximum Gasteiger partial charge on any atom is 0.231 e. The molecule has 2 aromatic heterocycles. The number of aromatic nitrogens is 4. The van der Waals surface area contributed by atoms with Gasteiger partial charge >= 0.3 is 0 Å². The van der Waals surface area contributed by atoms with Gasteiger partial charge in [0.25, 0.3) is 0 Å². The standard InChI is InChI=1S/C17H22ClN6OP/c1-4-26(25,5-2)13-8-6-12(7-9-13)20-17-21-14(18)10-16-22-15(11-19-3)23-24(16)17/h6-10,19H,4-5,11H2,1-3H3,(H,20,21). The summed E-state index contributed by atoms with van der Waals surface area (Å²) < 4.78 is 14.4. The summed E-state index contributed by atoms with van der Waals surface area (Å²) in [7, 11) is -0.450. The Bertz CT molecular complexity index is 948. The van der Waals surface area contributed by atoms with E-state index < -0.39 is 7.14 Å². The first kappa shape index (κ1) is 18.8. The predicted octanol–water partition coefficient (Wildman–Crippen LogP) is 3.27. The van der Waals surface area contributed by atoms with Crippen LogP contribution in [-0.4, -0.2) is 39.0 Å². The van der Waals surface area contributed by atoms with Gasteiger partial charge in [0.15, 0.2) is 11.5 Å². The summed E-state index contributed by atoms with van der Waals surface area (Å²) in [5.41, 5.74) is 1.44. The molecule has 0 unspecified atom stereocenters. The van der Waals surface area contributed by atoms with Gasteiger partial charge < -0.3 is 15.2 Å². The van der Waals surface area contributed by atoms with Crippen LogP contribution in [0, 0.1) is 0 Å². The SMILES string of the molecule is CCP(=O)(CC)c1ccc(Nc2nc(Cl)cc3nc(CNC)nn23)cc1. The van der Waals surface area contributed by atoms with Gasteiger partial charge in [0.2, 0.25) is 5.95 Å². The van der Waals surface area contributed by atoms with Crippen molar-refractivity contribution in [3.63, 3.8) is 0 Å². The minimum absolute atomic E-state index is 0.335. The van der Waals surface area contributed by atoms with E-state index in [2.05, 4.69) is 25.7 Å². The molecule has 3 rings (SSSR count). The molecule has 0 saturated heterocycles. The minimum atomic E-state index is -2.29. The Morgan fingerprint density at radius 2 is 1.85 bits per heavy atom. The number of hydrogen-bond acceptors (Lipinski definition) is 6. The van der Waals surface area contributed by atoms with Crippen LogP contribution in [0.15, 0.2) is 30.3 Å². The van der Waals surface area contributed by atoms with E-state index in [9.17, 15) is 4.57 Å². The third kappa shape index (κ3) is 3.75. The number of rotatable bonds is 7. The van der Waals surface area contributed by atoms with Crippen LogP contribution in [0.1, 0.15) is 19.7 Å². The zero-order chi connectivity index (χ0) is 18.7. The molecule has 0 aliphatic carbocycles. The van der Waals surface area contributed by atoms with E-state index in [0.717, 1.165) is 11.0 Å². The summed E-state index contributed by atoms with van der Waals surface area (Å²) >= 11 is 6.11. The van der Waals surface area contributed by atoms with Gasteiger partial charge in [-0.05, 0) is 31.3 Å². The lowest BCUT2D eigenvalue weighted by Crippen LogP contribution is -2.09. The molecule has 26 heavy (non-hydrogen) atoms. The van der Waals surface area contributed by atoms with E-state index in [4.69, 9.17) is 11.6 Å². The fourth-order valence-electron chi connectivity index (χ4n) is 2.75. The van der Waals surface area contributed by atoms with Crippen molar-refractivity contribution < 1.29 is 4.57 Å². The summed E-state index contributed by atoms with van der Waals surface area (Å²) in [5, 5.41) is 11.9. The third-order valence-electron chi connectivity index (χ3n) is 4.29. The number of anilines is 2. The van der Waals surface area contributed by atoms with Gasteiger partial charge in [-0.15, -0.1) is 5.10 Å². The average molecular weight is 393 g/mol. The minimum Gasteiger partial charge on any atom is -0.324 e. The molecule has 0 fully saturated rings. The van der Waals surface area contributed by atoms with E-state index in [-0.39, 0.29) is 0 Å². The van der Waals surface area contributed by atoms with Crippen LogP contribution < -0.4 is 15.9 Å². The Balaban J connectivity index is 1.92. The number of fused-ring (bicyclic) bond motifs is 1. The van der Waals surface area contributed by atoms with Crippen molar-refractivity contribution in [1.29, 1.82) is 0 Å². The molecule has 2 heterocycles. The lowest BCUT2D eigenvalue weighted by molar-refractivity contribution is 0.582. The summed E-state index contributed by atoms with van der Waals surface area (Å²) in [6.45, 7) is 4.49. The van der Waals surface area contributed by atoms with Gasteiger partial charge in [0.05, 0.1) is 6.54 Å². The molecule has 0 saturated carbocycles. The highest BCUT2D eigenvalue weighted by Crippen LogP contribution is 2.43. The Morgan fingerprint density at radius 1 is 1.15 bits per heavy atom. The molecule has 3 aromatic rings. The van der Waals surface area contributed by atoms with Crippen LogP contribution in [0.25, 0.3) is 5.65 Å². The van der Waals surface area contributed by atoms with Crippen molar-refractivity contribution in [2.45, 2.75) is 20.4 Å². The highest BCUT2D eigenvalue weighted by molar-refractivity contribution is 7.71. The van der Waals surface area contributed by atoms with E-state index in [1.165, 1.54) is 0 Å². The Labute approximate surface area is 157 Å². The molecule has 2 N–H and O–H groups in total. The second-order valence-corrected chi connectivity index (χ2v) is 9.87. The van der Waals surface area contributed by atoms with Crippen molar-refractivity contribution in [2.75, 3.05) is 24.7 Å². The molecule has 0 radical (unpaired) electrons. The first-order chi connectivity index (χ1) is 12.5. The first-order valence-electron chi connectivity index (χ1n) is 8.51. The topological polar surface area (TPSA) is 84.2 Å². The molecule has 0 aliphatic heterocycles. The lowest BCUT2D eigenvalue weighted by atomic mass is 10.3. The van der Waals surface area contributed by atoms with Crippen LogP contribution in [0.5, 0.6) is 0 Å². The fraction of sp³-hybridized carbons (Fsp3) is 0.353. The van der Waals surface area contributed by atoms with E-state index >= 15 is 0 Å². The van der Waals surface area contributed by atoms with Crippen molar-refractivity contribution in [3.8, 4) is 0 Å². The fourth-order valence-corrected chi connectivity index (χ4v) is 4.80. The van der Waals surface area contributed by atoms with Gasteiger partial charge in [-0.2, -0.15) is 4.52 Å². The Morgan fingerprint density at radius 3 is 2.46 bits per heavy atom. The maximum absolute atomic E-state index is 12.8.